The first-order valence-electron chi connectivity index (χ1n) is 3.37. The van der Waals surface area contributed by atoms with Crippen LogP contribution in [0.5, 0.6) is 0 Å². The summed E-state index contributed by atoms with van der Waals surface area (Å²) in [6.07, 6.45) is 0. The Morgan fingerprint density at radius 1 is 1.58 bits per heavy atom. The van der Waals surface area contributed by atoms with Crippen LogP contribution < -0.4 is 10.8 Å². The van der Waals surface area contributed by atoms with Gasteiger partial charge in [0.15, 0.2) is 0 Å². The fraction of sp³-hybridized carbons (Fsp3) is 0.143. The average molecular weight is 167 g/mol. The van der Waals surface area contributed by atoms with Crippen LogP contribution in [0.1, 0.15) is 5.69 Å². The van der Waals surface area contributed by atoms with Crippen molar-refractivity contribution in [3.05, 3.63) is 23.9 Å². The lowest BCUT2D eigenvalue weighted by Gasteiger charge is -2.02. The lowest BCUT2D eigenvalue weighted by Crippen LogP contribution is -2.25. The molecule has 0 unspecified atom stereocenters. The van der Waals surface area contributed by atoms with E-state index in [9.17, 15) is 4.79 Å². The molecular formula is C7H9N3O2. The molecular weight excluding hydrogens is 158 g/mol. The number of hydroxylamine groups is 1. The van der Waals surface area contributed by atoms with Gasteiger partial charge in [-0.1, -0.05) is 6.07 Å². The van der Waals surface area contributed by atoms with Crippen molar-refractivity contribution in [3.63, 3.8) is 0 Å². The van der Waals surface area contributed by atoms with Crippen molar-refractivity contribution < 1.29 is 10.0 Å². The Morgan fingerprint density at radius 3 is 2.92 bits per heavy atom. The number of aryl methyl sites for hydroxylation is 1. The number of pyridine rings is 1. The molecule has 0 aliphatic heterocycles. The summed E-state index contributed by atoms with van der Waals surface area (Å²) in [4.78, 5) is 14.6. The molecule has 0 atom stereocenters. The van der Waals surface area contributed by atoms with Gasteiger partial charge in [0, 0.05) is 5.69 Å². The second kappa shape index (κ2) is 3.68. The number of anilines is 1. The minimum Gasteiger partial charge on any atom is -0.291 e. The molecule has 5 heteroatoms. The lowest BCUT2D eigenvalue weighted by atomic mass is 10.4. The van der Waals surface area contributed by atoms with E-state index < -0.39 is 6.03 Å². The van der Waals surface area contributed by atoms with E-state index in [0.29, 0.717) is 5.82 Å². The Bertz CT molecular complexity index is 288. The van der Waals surface area contributed by atoms with Crippen molar-refractivity contribution >= 4 is 11.8 Å². The predicted octanol–water partition coefficient (Wildman–Crippen LogP) is 0.901. The highest BCUT2D eigenvalue weighted by Gasteiger charge is 1.98. The van der Waals surface area contributed by atoms with Crippen molar-refractivity contribution in [2.45, 2.75) is 6.92 Å². The number of nitrogens with one attached hydrogen (secondary N) is 2. The fourth-order valence-electron chi connectivity index (χ4n) is 0.757. The van der Waals surface area contributed by atoms with Crippen LogP contribution in [0.25, 0.3) is 0 Å². The molecule has 0 aliphatic carbocycles. The second-order valence-corrected chi connectivity index (χ2v) is 2.23. The van der Waals surface area contributed by atoms with Crippen molar-refractivity contribution in [1.29, 1.82) is 0 Å². The van der Waals surface area contributed by atoms with Crippen LogP contribution in [-0.4, -0.2) is 16.2 Å². The van der Waals surface area contributed by atoms with E-state index in [1.54, 1.807) is 12.1 Å². The molecule has 0 bridgehead atoms. The van der Waals surface area contributed by atoms with E-state index in [1.165, 1.54) is 5.48 Å². The largest absolute Gasteiger partial charge is 0.344 e. The lowest BCUT2D eigenvalue weighted by molar-refractivity contribution is 0.172. The molecule has 5 nitrogen and oxygen atoms in total. The number of urea groups is 1. The molecule has 0 spiro atoms. The van der Waals surface area contributed by atoms with E-state index >= 15 is 0 Å². The van der Waals surface area contributed by atoms with Crippen LogP contribution in [0.3, 0.4) is 0 Å². The summed E-state index contributed by atoms with van der Waals surface area (Å²) < 4.78 is 0. The summed E-state index contributed by atoms with van der Waals surface area (Å²) in [6, 6.07) is 4.49. The van der Waals surface area contributed by atoms with Gasteiger partial charge in [-0.05, 0) is 19.1 Å². The highest BCUT2D eigenvalue weighted by atomic mass is 16.5. The first-order valence-corrected chi connectivity index (χ1v) is 3.37. The monoisotopic (exact) mass is 167 g/mol. The number of aromatic nitrogens is 1. The first-order chi connectivity index (χ1) is 5.72. The smallest absolute Gasteiger partial charge is 0.291 e. The van der Waals surface area contributed by atoms with Crippen LogP contribution in [0, 0.1) is 6.92 Å². The molecule has 0 radical (unpaired) electrons. The van der Waals surface area contributed by atoms with Gasteiger partial charge in [0.1, 0.15) is 5.82 Å². The molecule has 0 saturated heterocycles. The van der Waals surface area contributed by atoms with Gasteiger partial charge in [-0.25, -0.2) is 15.3 Å². The topological polar surface area (TPSA) is 74.2 Å². The number of hydrogen-bond acceptors (Lipinski definition) is 3. The van der Waals surface area contributed by atoms with Gasteiger partial charge >= 0.3 is 6.03 Å². The average Bonchev–Trinajstić information content (AvgIpc) is 2.04. The minimum absolute atomic E-state index is 0.404. The quantitative estimate of drug-likeness (QED) is 0.429. The Kier molecular flexibility index (Phi) is 2.60. The van der Waals surface area contributed by atoms with Crippen molar-refractivity contribution in [2.75, 3.05) is 5.32 Å². The molecule has 1 aromatic heterocycles. The summed E-state index contributed by atoms with van der Waals surface area (Å²) in [7, 11) is 0. The van der Waals surface area contributed by atoms with E-state index in [1.807, 2.05) is 13.0 Å². The third-order valence-corrected chi connectivity index (χ3v) is 1.23. The highest BCUT2D eigenvalue weighted by Crippen LogP contribution is 2.02. The zero-order chi connectivity index (χ0) is 8.97. The number of nitrogens with zero attached hydrogens (tertiary/aromatic N) is 1. The zero-order valence-corrected chi connectivity index (χ0v) is 6.53. The molecule has 12 heavy (non-hydrogen) atoms. The van der Waals surface area contributed by atoms with Gasteiger partial charge in [-0.2, -0.15) is 0 Å². The number of rotatable bonds is 1. The zero-order valence-electron chi connectivity index (χ0n) is 6.53. The SMILES string of the molecule is Cc1cccc(NC(=O)NO)n1. The molecule has 64 valence electrons. The third-order valence-electron chi connectivity index (χ3n) is 1.23. The van der Waals surface area contributed by atoms with Crippen LogP contribution >= 0.6 is 0 Å². The number of hydrogen-bond donors (Lipinski definition) is 3. The molecule has 0 aromatic carbocycles. The van der Waals surface area contributed by atoms with Gasteiger partial charge < -0.3 is 0 Å². The summed E-state index contributed by atoms with van der Waals surface area (Å²) in [6.45, 7) is 1.81. The summed E-state index contributed by atoms with van der Waals surface area (Å²) in [5, 5.41) is 10.5. The maximum atomic E-state index is 10.6. The Labute approximate surface area is 69.4 Å². The maximum absolute atomic E-state index is 10.6. The van der Waals surface area contributed by atoms with Gasteiger partial charge in [0.05, 0.1) is 0 Å². The van der Waals surface area contributed by atoms with E-state index in [4.69, 9.17) is 5.21 Å². The van der Waals surface area contributed by atoms with Crippen molar-refractivity contribution in [3.8, 4) is 0 Å². The van der Waals surface area contributed by atoms with Crippen LogP contribution in [0.4, 0.5) is 10.6 Å². The first kappa shape index (κ1) is 8.48. The van der Waals surface area contributed by atoms with E-state index in [2.05, 4.69) is 10.3 Å². The molecule has 0 aliphatic rings. The van der Waals surface area contributed by atoms with Gasteiger partial charge in [0.25, 0.3) is 0 Å². The van der Waals surface area contributed by atoms with Gasteiger partial charge in [0.2, 0.25) is 0 Å². The Hall–Kier alpha value is -1.62. The minimum atomic E-state index is -0.701. The van der Waals surface area contributed by atoms with Gasteiger partial charge in [-0.15, -0.1) is 0 Å². The number of carbonyl (C=O) groups excluding carboxylic acids is 1. The van der Waals surface area contributed by atoms with Crippen molar-refractivity contribution in [2.24, 2.45) is 0 Å². The number of carbonyl (C=O) groups is 1. The maximum Gasteiger partial charge on any atom is 0.344 e. The van der Waals surface area contributed by atoms with Gasteiger partial charge in [-0.3, -0.25) is 10.5 Å². The standard InChI is InChI=1S/C7H9N3O2/c1-5-3-2-4-6(8-5)9-7(11)10-12/h2-4,12H,1H3,(H2,8,9,10,11). The highest BCUT2D eigenvalue weighted by molar-refractivity contribution is 5.87. The second-order valence-electron chi connectivity index (χ2n) is 2.23. The molecule has 3 N–H and O–H groups in total. The van der Waals surface area contributed by atoms with Crippen LogP contribution in [0.15, 0.2) is 18.2 Å². The third kappa shape index (κ3) is 2.21. The Morgan fingerprint density at radius 2 is 2.33 bits per heavy atom. The molecule has 0 fully saturated rings. The predicted molar refractivity (Wildman–Crippen MR) is 42.9 cm³/mol. The summed E-state index contributed by atoms with van der Waals surface area (Å²) in [5.41, 5.74) is 2.24. The van der Waals surface area contributed by atoms with E-state index in [-0.39, 0.29) is 0 Å². The summed E-state index contributed by atoms with van der Waals surface area (Å²) >= 11 is 0. The molecule has 0 saturated carbocycles. The Balaban J connectivity index is 2.69. The van der Waals surface area contributed by atoms with Crippen LogP contribution in [-0.2, 0) is 0 Å². The summed E-state index contributed by atoms with van der Waals surface area (Å²) in [5.74, 6) is 0.404. The molecule has 1 heterocycles. The normalized spacial score (nSPS) is 9.17. The molecule has 1 aromatic rings. The molecule has 1 rings (SSSR count). The number of amides is 2. The van der Waals surface area contributed by atoms with E-state index in [0.717, 1.165) is 5.69 Å². The fourth-order valence-corrected chi connectivity index (χ4v) is 0.757. The van der Waals surface area contributed by atoms with Crippen molar-refractivity contribution in [1.82, 2.24) is 10.5 Å². The van der Waals surface area contributed by atoms with Crippen LogP contribution in [0.2, 0.25) is 0 Å². The molecule has 2 amide bonds.